The quantitative estimate of drug-likeness (QED) is 0.893. The minimum absolute atomic E-state index is 0.849. The molecule has 0 spiro atoms. The van der Waals surface area contributed by atoms with Gasteiger partial charge in [0.15, 0.2) is 0 Å². The Hall–Kier alpha value is -1.32. The molecule has 2 aromatic rings. The van der Waals surface area contributed by atoms with E-state index in [9.17, 15) is 0 Å². The van der Waals surface area contributed by atoms with Crippen LogP contribution in [0.4, 0.5) is 0 Å². The fraction of sp³-hybridized carbons (Fsp3) is 0.214. The molecule has 0 aliphatic rings. The van der Waals surface area contributed by atoms with Crippen LogP contribution < -0.4 is 5.32 Å². The average Bonchev–Trinajstić information content (AvgIpc) is 2.32. The molecule has 0 aliphatic carbocycles. The number of hydrogen-bond donors (Lipinski definition) is 1. The lowest BCUT2D eigenvalue weighted by Crippen LogP contribution is -2.06. The predicted octanol–water partition coefficient (Wildman–Crippen LogP) is 3.26. The first kappa shape index (κ1) is 12.1. The number of aryl methyl sites for hydroxylation is 1. The molecule has 0 amide bonds. The molecule has 1 heterocycles. The van der Waals surface area contributed by atoms with Crippen molar-refractivity contribution in [3.05, 3.63) is 53.7 Å². The first-order valence-electron chi connectivity index (χ1n) is 5.62. The van der Waals surface area contributed by atoms with Gasteiger partial charge in [0.1, 0.15) is 5.03 Å². The van der Waals surface area contributed by atoms with Crippen LogP contribution in [0.1, 0.15) is 11.1 Å². The third-order valence-corrected chi connectivity index (χ3v) is 3.47. The van der Waals surface area contributed by atoms with E-state index in [1.165, 1.54) is 16.0 Å². The van der Waals surface area contributed by atoms with Crippen molar-refractivity contribution in [3.63, 3.8) is 0 Å². The summed E-state index contributed by atoms with van der Waals surface area (Å²) in [6, 6.07) is 12.6. The fourth-order valence-corrected chi connectivity index (χ4v) is 2.63. The third-order valence-electron chi connectivity index (χ3n) is 2.42. The first-order chi connectivity index (χ1) is 8.29. The van der Waals surface area contributed by atoms with Crippen LogP contribution in [0.2, 0.25) is 0 Å². The molecule has 3 heteroatoms. The average molecular weight is 244 g/mol. The molecule has 0 aliphatic heterocycles. The molecule has 1 aromatic carbocycles. The number of hydrogen-bond acceptors (Lipinski definition) is 3. The van der Waals surface area contributed by atoms with E-state index in [-0.39, 0.29) is 0 Å². The smallest absolute Gasteiger partial charge is 0.105 e. The van der Waals surface area contributed by atoms with Crippen LogP contribution >= 0.6 is 11.8 Å². The molecule has 0 unspecified atom stereocenters. The lowest BCUT2D eigenvalue weighted by molar-refractivity contribution is 0.790. The Bertz CT molecular complexity index is 497. The lowest BCUT2D eigenvalue weighted by atomic mass is 10.2. The van der Waals surface area contributed by atoms with E-state index in [1.54, 1.807) is 11.8 Å². The minimum atomic E-state index is 0.849. The van der Waals surface area contributed by atoms with E-state index in [1.807, 2.05) is 19.3 Å². The van der Waals surface area contributed by atoms with Gasteiger partial charge in [-0.2, -0.15) is 0 Å². The zero-order chi connectivity index (χ0) is 12.1. The largest absolute Gasteiger partial charge is 0.316 e. The van der Waals surface area contributed by atoms with Crippen LogP contribution in [-0.2, 0) is 6.54 Å². The summed E-state index contributed by atoms with van der Waals surface area (Å²) in [5, 5.41) is 4.24. The van der Waals surface area contributed by atoms with Crippen molar-refractivity contribution in [2.75, 3.05) is 7.05 Å². The maximum atomic E-state index is 4.45. The Morgan fingerprint density at radius 2 is 2.12 bits per heavy atom. The summed E-state index contributed by atoms with van der Waals surface area (Å²) < 4.78 is 0. The second kappa shape index (κ2) is 5.84. The Morgan fingerprint density at radius 1 is 1.24 bits per heavy atom. The van der Waals surface area contributed by atoms with Crippen LogP contribution in [0.3, 0.4) is 0 Å². The van der Waals surface area contributed by atoms with E-state index in [0.29, 0.717) is 0 Å². The van der Waals surface area contributed by atoms with Crippen LogP contribution in [0, 0.1) is 6.92 Å². The van der Waals surface area contributed by atoms with E-state index in [4.69, 9.17) is 0 Å². The highest BCUT2D eigenvalue weighted by Gasteiger charge is 2.04. The van der Waals surface area contributed by atoms with Gasteiger partial charge in [-0.25, -0.2) is 4.98 Å². The van der Waals surface area contributed by atoms with Crippen molar-refractivity contribution in [2.24, 2.45) is 0 Å². The van der Waals surface area contributed by atoms with Gasteiger partial charge in [0.05, 0.1) is 0 Å². The minimum Gasteiger partial charge on any atom is -0.316 e. The standard InChI is InChI=1S/C14H16N2S/c1-11-5-3-7-13(9-11)17-14-12(10-15-2)6-4-8-16-14/h3-9,15H,10H2,1-2H3. The van der Waals surface area contributed by atoms with Gasteiger partial charge < -0.3 is 5.32 Å². The van der Waals surface area contributed by atoms with E-state index < -0.39 is 0 Å². The van der Waals surface area contributed by atoms with Crippen molar-refractivity contribution in [3.8, 4) is 0 Å². The molecule has 0 atom stereocenters. The third kappa shape index (κ3) is 3.32. The number of pyridine rings is 1. The second-order valence-electron chi connectivity index (χ2n) is 3.92. The maximum Gasteiger partial charge on any atom is 0.105 e. The van der Waals surface area contributed by atoms with Crippen molar-refractivity contribution in [1.82, 2.24) is 10.3 Å². The summed E-state index contributed by atoms with van der Waals surface area (Å²) in [5.74, 6) is 0. The van der Waals surface area contributed by atoms with Gasteiger partial charge >= 0.3 is 0 Å². The number of nitrogens with one attached hydrogen (secondary N) is 1. The monoisotopic (exact) mass is 244 g/mol. The first-order valence-corrected chi connectivity index (χ1v) is 6.44. The molecule has 0 saturated carbocycles. The number of rotatable bonds is 4. The normalized spacial score (nSPS) is 10.5. The number of benzene rings is 1. The molecule has 17 heavy (non-hydrogen) atoms. The summed E-state index contributed by atoms with van der Waals surface area (Å²) in [4.78, 5) is 5.68. The Morgan fingerprint density at radius 3 is 2.88 bits per heavy atom. The summed E-state index contributed by atoms with van der Waals surface area (Å²) in [7, 11) is 1.95. The molecule has 0 bridgehead atoms. The molecular weight excluding hydrogens is 228 g/mol. The maximum absolute atomic E-state index is 4.45. The van der Waals surface area contributed by atoms with Gasteiger partial charge in [0.2, 0.25) is 0 Å². The van der Waals surface area contributed by atoms with Gasteiger partial charge in [-0.3, -0.25) is 0 Å². The Labute approximate surface area is 106 Å². The van der Waals surface area contributed by atoms with Gasteiger partial charge in [-0.05, 0) is 37.7 Å². The highest BCUT2D eigenvalue weighted by atomic mass is 32.2. The van der Waals surface area contributed by atoms with Gasteiger partial charge in [-0.1, -0.05) is 35.5 Å². The molecule has 2 nitrogen and oxygen atoms in total. The molecule has 0 saturated heterocycles. The van der Waals surface area contributed by atoms with Crippen molar-refractivity contribution in [1.29, 1.82) is 0 Å². The Balaban J connectivity index is 2.23. The molecule has 1 aromatic heterocycles. The zero-order valence-corrected chi connectivity index (χ0v) is 10.9. The molecule has 0 fully saturated rings. The van der Waals surface area contributed by atoms with Crippen LogP contribution in [0.5, 0.6) is 0 Å². The summed E-state index contributed by atoms with van der Waals surface area (Å²) >= 11 is 1.72. The zero-order valence-electron chi connectivity index (χ0n) is 10.1. The molecule has 2 rings (SSSR count). The van der Waals surface area contributed by atoms with Gasteiger partial charge in [-0.15, -0.1) is 0 Å². The molecular formula is C14H16N2S. The topological polar surface area (TPSA) is 24.9 Å². The SMILES string of the molecule is CNCc1cccnc1Sc1cccc(C)c1. The second-order valence-corrected chi connectivity index (χ2v) is 4.98. The molecule has 0 radical (unpaired) electrons. The van der Waals surface area contributed by atoms with E-state index in [2.05, 4.69) is 47.6 Å². The predicted molar refractivity (Wildman–Crippen MR) is 72.3 cm³/mol. The highest BCUT2D eigenvalue weighted by Crippen LogP contribution is 2.28. The fourth-order valence-electron chi connectivity index (χ4n) is 1.63. The van der Waals surface area contributed by atoms with E-state index in [0.717, 1.165) is 11.6 Å². The summed E-state index contributed by atoms with van der Waals surface area (Å²) in [5.41, 5.74) is 2.52. The molecule has 88 valence electrons. The van der Waals surface area contributed by atoms with Crippen molar-refractivity contribution >= 4 is 11.8 Å². The van der Waals surface area contributed by atoms with E-state index >= 15 is 0 Å². The van der Waals surface area contributed by atoms with Crippen LogP contribution in [0.25, 0.3) is 0 Å². The number of nitrogens with zero attached hydrogens (tertiary/aromatic N) is 1. The van der Waals surface area contributed by atoms with Gasteiger partial charge in [0.25, 0.3) is 0 Å². The number of aromatic nitrogens is 1. The lowest BCUT2D eigenvalue weighted by Gasteiger charge is -2.07. The summed E-state index contributed by atoms with van der Waals surface area (Å²) in [6.45, 7) is 2.96. The Kier molecular flexibility index (Phi) is 4.18. The van der Waals surface area contributed by atoms with Crippen LogP contribution in [-0.4, -0.2) is 12.0 Å². The van der Waals surface area contributed by atoms with Crippen molar-refractivity contribution in [2.45, 2.75) is 23.4 Å². The van der Waals surface area contributed by atoms with Crippen LogP contribution in [0.15, 0.2) is 52.5 Å². The van der Waals surface area contributed by atoms with Gasteiger partial charge in [0, 0.05) is 17.6 Å². The summed E-state index contributed by atoms with van der Waals surface area (Å²) in [6.07, 6.45) is 1.84. The molecule has 1 N–H and O–H groups in total. The highest BCUT2D eigenvalue weighted by molar-refractivity contribution is 7.99. The van der Waals surface area contributed by atoms with Crippen molar-refractivity contribution < 1.29 is 0 Å².